The second-order valence-corrected chi connectivity index (χ2v) is 8.70. The highest BCUT2D eigenvalue weighted by molar-refractivity contribution is 5.69. The molecule has 0 saturated heterocycles. The predicted molar refractivity (Wildman–Crippen MR) is 96.7 cm³/mol. The van der Waals surface area contributed by atoms with Gasteiger partial charge in [-0.05, 0) is 55.6 Å². The normalized spacial score (nSPS) is 32.0. The Kier molecular flexibility index (Phi) is 4.81. The predicted octanol–water partition coefficient (Wildman–Crippen LogP) is 5.37. The Balaban J connectivity index is 1.55. The molecule has 0 aromatic carbocycles. The van der Waals surface area contributed by atoms with Crippen LogP contribution < -0.4 is 0 Å². The molecule has 3 heteroatoms. The first-order chi connectivity index (χ1) is 11.4. The number of hydrogen-bond acceptors (Lipinski definition) is 2. The van der Waals surface area contributed by atoms with Gasteiger partial charge in [0.15, 0.2) is 0 Å². The number of carbonyl (C=O) groups excluding carboxylic acids is 1. The lowest BCUT2D eigenvalue weighted by Crippen LogP contribution is -2.38. The summed E-state index contributed by atoms with van der Waals surface area (Å²) in [6.45, 7) is 9.26. The van der Waals surface area contributed by atoms with Crippen LogP contribution >= 0.6 is 0 Å². The molecule has 0 aliphatic heterocycles. The van der Waals surface area contributed by atoms with E-state index in [-0.39, 0.29) is 17.5 Å². The Morgan fingerprint density at radius 1 is 1.25 bits per heavy atom. The summed E-state index contributed by atoms with van der Waals surface area (Å²) in [4.78, 5) is 12.5. The molecule has 3 rings (SSSR count). The van der Waals surface area contributed by atoms with E-state index in [2.05, 4.69) is 56.8 Å². The average Bonchev–Trinajstić information content (AvgIpc) is 3.18. The maximum absolute atomic E-state index is 12.5. The third-order valence-corrected chi connectivity index (χ3v) is 7.34. The summed E-state index contributed by atoms with van der Waals surface area (Å²) in [6.07, 6.45) is 11.5. The molecule has 1 aromatic rings. The van der Waals surface area contributed by atoms with Crippen molar-refractivity contribution in [2.45, 2.75) is 84.8 Å². The Hall–Kier alpha value is -1.25. The summed E-state index contributed by atoms with van der Waals surface area (Å²) in [7, 11) is 0. The third-order valence-electron chi connectivity index (χ3n) is 7.34. The van der Waals surface area contributed by atoms with Crippen LogP contribution in [0, 0.1) is 16.7 Å². The minimum Gasteiger partial charge on any atom is -0.462 e. The summed E-state index contributed by atoms with van der Waals surface area (Å²) >= 11 is 0. The number of fused-ring (bicyclic) bond motifs is 2. The van der Waals surface area contributed by atoms with Crippen molar-refractivity contribution in [3.05, 3.63) is 24.5 Å². The van der Waals surface area contributed by atoms with Gasteiger partial charge in [-0.1, -0.05) is 34.1 Å². The van der Waals surface area contributed by atoms with Crippen molar-refractivity contribution in [2.75, 3.05) is 0 Å². The zero-order chi connectivity index (χ0) is 17.4. The summed E-state index contributed by atoms with van der Waals surface area (Å²) in [5.41, 5.74) is 0.463. The fraction of sp³-hybridized carbons (Fsp3) is 0.762. The lowest BCUT2D eigenvalue weighted by molar-refractivity contribution is -0.157. The van der Waals surface area contributed by atoms with Crippen LogP contribution in [0.25, 0.3) is 0 Å². The maximum atomic E-state index is 12.5. The summed E-state index contributed by atoms with van der Waals surface area (Å²) in [5.74, 6) is 0.714. The van der Waals surface area contributed by atoms with Crippen LogP contribution in [0.5, 0.6) is 0 Å². The largest absolute Gasteiger partial charge is 0.462 e. The number of aromatic nitrogens is 1. The second kappa shape index (κ2) is 6.57. The topological polar surface area (TPSA) is 31.2 Å². The molecular weight excluding hydrogens is 298 g/mol. The van der Waals surface area contributed by atoms with Gasteiger partial charge in [0.05, 0.1) is 0 Å². The second-order valence-electron chi connectivity index (χ2n) is 8.70. The van der Waals surface area contributed by atoms with Crippen LogP contribution in [-0.2, 0) is 9.53 Å². The highest BCUT2D eigenvalue weighted by atomic mass is 16.5. The van der Waals surface area contributed by atoms with E-state index in [4.69, 9.17) is 4.74 Å². The van der Waals surface area contributed by atoms with E-state index in [9.17, 15) is 4.79 Å². The average molecular weight is 332 g/mol. The molecule has 0 amide bonds. The molecular formula is C21H33NO2. The highest BCUT2D eigenvalue weighted by Crippen LogP contribution is 2.66. The van der Waals surface area contributed by atoms with Gasteiger partial charge < -0.3 is 9.30 Å². The van der Waals surface area contributed by atoms with E-state index in [1.54, 1.807) is 0 Å². The van der Waals surface area contributed by atoms with Gasteiger partial charge in [0.2, 0.25) is 0 Å². The third kappa shape index (κ3) is 2.91. The molecule has 4 atom stereocenters. The number of ether oxygens (including phenoxy) is 1. The summed E-state index contributed by atoms with van der Waals surface area (Å²) in [5, 5.41) is 0. The zero-order valence-electron chi connectivity index (χ0n) is 15.8. The van der Waals surface area contributed by atoms with E-state index < -0.39 is 0 Å². The fourth-order valence-corrected chi connectivity index (χ4v) is 5.18. The Morgan fingerprint density at radius 2 is 1.96 bits per heavy atom. The molecule has 2 bridgehead atoms. The number of carbonyl (C=O) groups is 1. The van der Waals surface area contributed by atoms with Crippen molar-refractivity contribution in [2.24, 2.45) is 16.7 Å². The Labute approximate surface area is 146 Å². The highest BCUT2D eigenvalue weighted by Gasteiger charge is 2.62. The molecule has 24 heavy (non-hydrogen) atoms. The van der Waals surface area contributed by atoms with Crippen molar-refractivity contribution in [3.63, 3.8) is 0 Å². The van der Waals surface area contributed by atoms with Crippen molar-refractivity contribution < 1.29 is 9.53 Å². The summed E-state index contributed by atoms with van der Waals surface area (Å²) < 4.78 is 8.22. The first-order valence-electron chi connectivity index (χ1n) is 9.70. The Morgan fingerprint density at radius 3 is 2.50 bits per heavy atom. The molecule has 1 heterocycles. The molecule has 0 unspecified atom stereocenters. The lowest BCUT2D eigenvalue weighted by Gasteiger charge is -2.38. The molecule has 0 N–H and O–H groups in total. The molecule has 2 saturated carbocycles. The maximum Gasteiger partial charge on any atom is 0.306 e. The Bertz CT molecular complexity index is 562. The lowest BCUT2D eigenvalue weighted by atomic mass is 9.70. The quantitative estimate of drug-likeness (QED) is 0.629. The van der Waals surface area contributed by atoms with Crippen LogP contribution in [-0.4, -0.2) is 16.6 Å². The molecule has 0 radical (unpaired) electrons. The number of hydrogen-bond donors (Lipinski definition) is 0. The zero-order valence-corrected chi connectivity index (χ0v) is 15.8. The van der Waals surface area contributed by atoms with E-state index in [1.165, 1.54) is 12.8 Å². The molecule has 0 spiro atoms. The molecule has 2 fully saturated rings. The van der Waals surface area contributed by atoms with Crippen LogP contribution in [0.3, 0.4) is 0 Å². The van der Waals surface area contributed by atoms with Crippen LogP contribution in [0.4, 0.5) is 0 Å². The van der Waals surface area contributed by atoms with Gasteiger partial charge in [-0.2, -0.15) is 0 Å². The van der Waals surface area contributed by atoms with E-state index in [0.29, 0.717) is 23.8 Å². The van der Waals surface area contributed by atoms with Gasteiger partial charge in [-0.25, -0.2) is 0 Å². The van der Waals surface area contributed by atoms with Gasteiger partial charge >= 0.3 is 5.97 Å². The number of rotatable bonds is 7. The van der Waals surface area contributed by atoms with Crippen molar-refractivity contribution in [3.8, 4) is 0 Å². The first kappa shape index (κ1) is 17.6. The van der Waals surface area contributed by atoms with Crippen LogP contribution in [0.15, 0.2) is 24.5 Å². The minimum absolute atomic E-state index is 0.00201. The van der Waals surface area contributed by atoms with Crippen LogP contribution in [0.1, 0.15) is 78.7 Å². The number of nitrogens with zero attached hydrogens (tertiary/aromatic N) is 1. The van der Waals surface area contributed by atoms with Crippen molar-refractivity contribution in [1.29, 1.82) is 0 Å². The molecule has 134 valence electrons. The van der Waals surface area contributed by atoms with E-state index >= 15 is 0 Å². The fourth-order valence-electron chi connectivity index (χ4n) is 5.18. The first-order valence-corrected chi connectivity index (χ1v) is 9.70. The molecule has 2 aliphatic carbocycles. The molecule has 1 aromatic heterocycles. The van der Waals surface area contributed by atoms with Crippen molar-refractivity contribution >= 4 is 5.97 Å². The van der Waals surface area contributed by atoms with E-state index in [0.717, 1.165) is 25.7 Å². The van der Waals surface area contributed by atoms with Gasteiger partial charge in [0.1, 0.15) is 6.10 Å². The molecule has 2 aliphatic rings. The smallest absolute Gasteiger partial charge is 0.306 e. The summed E-state index contributed by atoms with van der Waals surface area (Å²) in [6, 6.07) is 4.52. The minimum atomic E-state index is -0.00201. The van der Waals surface area contributed by atoms with Gasteiger partial charge in [0, 0.05) is 30.3 Å². The van der Waals surface area contributed by atoms with Crippen LogP contribution in [0.2, 0.25) is 0 Å². The van der Waals surface area contributed by atoms with Gasteiger partial charge in [-0.3, -0.25) is 4.79 Å². The SMILES string of the molecule is CCC[C@H](CCC(=O)O[C@@H]1C[C@@H]2CC[C@@]1(C)C2(C)C)n1cccc1. The standard InChI is InChI=1S/C21H33NO2/c1-5-8-17(22-13-6-7-14-22)9-10-19(23)24-18-15-16-11-12-21(18,4)20(16,2)3/h6-7,13-14,16-18H,5,8-12,15H2,1-4H3/t16-,17+,18+,21+/m0/s1. The van der Waals surface area contributed by atoms with Gasteiger partial charge in [0.25, 0.3) is 0 Å². The monoisotopic (exact) mass is 331 g/mol. The number of esters is 1. The van der Waals surface area contributed by atoms with Crippen molar-refractivity contribution in [1.82, 2.24) is 4.57 Å². The van der Waals surface area contributed by atoms with Gasteiger partial charge in [-0.15, -0.1) is 0 Å². The van der Waals surface area contributed by atoms with E-state index in [1.807, 2.05) is 0 Å². The molecule has 3 nitrogen and oxygen atoms in total.